The third-order valence-electron chi connectivity index (χ3n) is 2.36. The van der Waals surface area contributed by atoms with E-state index in [1.165, 1.54) is 10.8 Å². The summed E-state index contributed by atoms with van der Waals surface area (Å²) in [7, 11) is 0. The first kappa shape index (κ1) is 8.29. The molecule has 0 unspecified atom stereocenters. The van der Waals surface area contributed by atoms with Crippen LogP contribution in [0.2, 0.25) is 0 Å². The number of halogens is 1. The van der Waals surface area contributed by atoms with E-state index in [9.17, 15) is 0 Å². The summed E-state index contributed by atoms with van der Waals surface area (Å²) in [6, 6.07) is 14.4. The van der Waals surface area contributed by atoms with Crippen LogP contribution in [-0.2, 0) is 0 Å². The molecule has 0 fully saturated rings. The van der Waals surface area contributed by atoms with Gasteiger partial charge in [-0.05, 0) is 34.7 Å². The van der Waals surface area contributed by atoms with Crippen molar-refractivity contribution in [1.82, 2.24) is 0 Å². The number of furan rings is 1. The average Bonchev–Trinajstić information content (AvgIpc) is 2.59. The van der Waals surface area contributed by atoms with E-state index < -0.39 is 0 Å². The minimum atomic E-state index is 0.964. The van der Waals surface area contributed by atoms with Crippen LogP contribution in [0, 0.1) is 3.57 Å². The van der Waals surface area contributed by atoms with E-state index in [1.54, 1.807) is 0 Å². The lowest BCUT2D eigenvalue weighted by molar-refractivity contribution is 0.666. The van der Waals surface area contributed by atoms with Crippen molar-refractivity contribution >= 4 is 44.5 Å². The fraction of sp³-hybridized carbons (Fsp3) is 0. The summed E-state index contributed by atoms with van der Waals surface area (Å²) in [5.41, 5.74) is 1.96. The molecule has 0 saturated carbocycles. The first-order valence-corrected chi connectivity index (χ1v) is 5.50. The first-order valence-electron chi connectivity index (χ1n) is 4.42. The van der Waals surface area contributed by atoms with Crippen LogP contribution in [0.3, 0.4) is 0 Å². The Morgan fingerprint density at radius 1 is 0.857 bits per heavy atom. The Morgan fingerprint density at radius 2 is 1.64 bits per heavy atom. The van der Waals surface area contributed by atoms with Crippen LogP contribution in [0.4, 0.5) is 0 Å². The minimum Gasteiger partial charge on any atom is -0.455 e. The van der Waals surface area contributed by atoms with Gasteiger partial charge < -0.3 is 4.42 Å². The van der Waals surface area contributed by atoms with Crippen molar-refractivity contribution in [2.24, 2.45) is 0 Å². The van der Waals surface area contributed by atoms with Gasteiger partial charge in [-0.2, -0.15) is 0 Å². The van der Waals surface area contributed by atoms with Gasteiger partial charge in [-0.1, -0.05) is 30.3 Å². The Labute approximate surface area is 94.9 Å². The molecule has 0 saturated heterocycles. The molecule has 68 valence electrons. The molecule has 2 heteroatoms. The zero-order valence-corrected chi connectivity index (χ0v) is 9.49. The van der Waals surface area contributed by atoms with Gasteiger partial charge in [-0.3, -0.25) is 0 Å². The predicted molar refractivity (Wildman–Crippen MR) is 66.4 cm³/mol. The monoisotopic (exact) mass is 294 g/mol. The fourth-order valence-electron chi connectivity index (χ4n) is 1.71. The van der Waals surface area contributed by atoms with Crippen molar-refractivity contribution in [3.63, 3.8) is 0 Å². The molecule has 1 nitrogen and oxygen atoms in total. The Bertz CT molecular complexity index is 610. The maximum atomic E-state index is 5.78. The highest BCUT2D eigenvalue weighted by Gasteiger charge is 2.07. The topological polar surface area (TPSA) is 13.1 Å². The molecule has 0 aliphatic carbocycles. The van der Waals surface area contributed by atoms with Crippen LogP contribution < -0.4 is 0 Å². The van der Waals surface area contributed by atoms with Crippen molar-refractivity contribution in [3.05, 3.63) is 46.0 Å². The quantitative estimate of drug-likeness (QED) is 0.567. The van der Waals surface area contributed by atoms with Gasteiger partial charge in [0.05, 0.1) is 3.57 Å². The van der Waals surface area contributed by atoms with Crippen LogP contribution in [0.1, 0.15) is 0 Å². The van der Waals surface area contributed by atoms with Gasteiger partial charge in [0.1, 0.15) is 11.2 Å². The molecule has 1 aromatic heterocycles. The van der Waals surface area contributed by atoms with Crippen molar-refractivity contribution < 1.29 is 4.42 Å². The molecule has 14 heavy (non-hydrogen) atoms. The van der Waals surface area contributed by atoms with Crippen LogP contribution in [0.5, 0.6) is 0 Å². The first-order chi connectivity index (χ1) is 6.86. The van der Waals surface area contributed by atoms with Gasteiger partial charge in [0, 0.05) is 10.8 Å². The van der Waals surface area contributed by atoms with E-state index in [0.717, 1.165) is 14.7 Å². The van der Waals surface area contributed by atoms with Gasteiger partial charge >= 0.3 is 0 Å². The molecule has 0 N–H and O–H groups in total. The molecule has 1 heterocycles. The molecule has 3 rings (SSSR count). The van der Waals surface area contributed by atoms with E-state index in [4.69, 9.17) is 4.42 Å². The van der Waals surface area contributed by atoms with E-state index >= 15 is 0 Å². The molecule has 0 aliphatic heterocycles. The Balaban J connectivity index is 2.63. The van der Waals surface area contributed by atoms with Crippen LogP contribution in [0.15, 0.2) is 46.9 Å². The SMILES string of the molecule is Ic1cccc2c1oc1ccccc12. The molecule has 0 spiro atoms. The van der Waals surface area contributed by atoms with Gasteiger partial charge in [0.25, 0.3) is 0 Å². The normalized spacial score (nSPS) is 11.2. The molecule has 0 bridgehead atoms. The Kier molecular flexibility index (Phi) is 1.77. The summed E-state index contributed by atoms with van der Waals surface area (Å²) < 4.78 is 6.94. The molecular formula is C12H7IO. The highest BCUT2D eigenvalue weighted by atomic mass is 127. The van der Waals surface area contributed by atoms with E-state index in [1.807, 2.05) is 18.2 Å². The fourth-order valence-corrected chi connectivity index (χ4v) is 2.32. The maximum Gasteiger partial charge on any atom is 0.148 e. The summed E-state index contributed by atoms with van der Waals surface area (Å²) >= 11 is 2.30. The number of rotatable bonds is 0. The Morgan fingerprint density at radius 3 is 2.57 bits per heavy atom. The molecule has 3 aromatic rings. The highest BCUT2D eigenvalue weighted by Crippen LogP contribution is 2.30. The van der Waals surface area contributed by atoms with E-state index in [-0.39, 0.29) is 0 Å². The lowest BCUT2D eigenvalue weighted by Gasteiger charge is -1.90. The number of hydrogen-bond donors (Lipinski definition) is 0. The van der Waals surface area contributed by atoms with Crippen LogP contribution in [0.25, 0.3) is 21.9 Å². The highest BCUT2D eigenvalue weighted by molar-refractivity contribution is 14.1. The number of fused-ring (bicyclic) bond motifs is 3. The molecule has 2 aromatic carbocycles. The second kappa shape index (κ2) is 2.98. The summed E-state index contributed by atoms with van der Waals surface area (Å²) in [5, 5.41) is 2.40. The van der Waals surface area contributed by atoms with Crippen molar-refractivity contribution in [2.45, 2.75) is 0 Å². The molecule has 0 amide bonds. The minimum absolute atomic E-state index is 0.964. The van der Waals surface area contributed by atoms with Crippen molar-refractivity contribution in [2.75, 3.05) is 0 Å². The summed E-state index contributed by atoms with van der Waals surface area (Å²) in [5.74, 6) is 0. The standard InChI is InChI=1S/C12H7IO/c13-10-6-3-5-9-8-4-1-2-7-11(8)14-12(9)10/h1-7H. The van der Waals surface area contributed by atoms with Crippen molar-refractivity contribution in [1.29, 1.82) is 0 Å². The average molecular weight is 294 g/mol. The van der Waals surface area contributed by atoms with Gasteiger partial charge in [-0.15, -0.1) is 0 Å². The predicted octanol–water partition coefficient (Wildman–Crippen LogP) is 4.19. The van der Waals surface area contributed by atoms with Gasteiger partial charge in [0.2, 0.25) is 0 Å². The van der Waals surface area contributed by atoms with E-state index in [0.29, 0.717) is 0 Å². The zero-order chi connectivity index (χ0) is 9.54. The smallest absolute Gasteiger partial charge is 0.148 e. The van der Waals surface area contributed by atoms with Gasteiger partial charge in [-0.25, -0.2) is 0 Å². The Hall–Kier alpha value is -1.03. The lowest BCUT2D eigenvalue weighted by Crippen LogP contribution is -1.69. The van der Waals surface area contributed by atoms with Crippen LogP contribution >= 0.6 is 22.6 Å². The number of para-hydroxylation sites is 2. The van der Waals surface area contributed by atoms with E-state index in [2.05, 4.69) is 46.9 Å². The summed E-state index contributed by atoms with van der Waals surface area (Å²) in [4.78, 5) is 0. The largest absolute Gasteiger partial charge is 0.455 e. The third kappa shape index (κ3) is 1.07. The molecule has 0 aliphatic rings. The second-order valence-electron chi connectivity index (χ2n) is 3.21. The lowest BCUT2D eigenvalue weighted by atomic mass is 10.2. The maximum absolute atomic E-state index is 5.78. The van der Waals surface area contributed by atoms with Crippen molar-refractivity contribution in [3.8, 4) is 0 Å². The molecule has 0 radical (unpaired) electrons. The summed E-state index contributed by atoms with van der Waals surface area (Å²) in [6.07, 6.45) is 0. The zero-order valence-electron chi connectivity index (χ0n) is 7.33. The molecular weight excluding hydrogens is 287 g/mol. The second-order valence-corrected chi connectivity index (χ2v) is 4.38. The number of benzene rings is 2. The third-order valence-corrected chi connectivity index (χ3v) is 3.21. The van der Waals surface area contributed by atoms with Crippen LogP contribution in [-0.4, -0.2) is 0 Å². The van der Waals surface area contributed by atoms with Gasteiger partial charge in [0.15, 0.2) is 0 Å². The number of hydrogen-bond acceptors (Lipinski definition) is 1. The molecule has 0 atom stereocenters. The summed E-state index contributed by atoms with van der Waals surface area (Å²) in [6.45, 7) is 0.